The summed E-state index contributed by atoms with van der Waals surface area (Å²) in [5.74, 6) is -0.430. The fourth-order valence-electron chi connectivity index (χ4n) is 3.64. The van der Waals surface area contributed by atoms with Crippen molar-refractivity contribution in [2.75, 3.05) is 40.4 Å². The number of methoxy groups -OCH3 is 1. The number of imide groups is 1. The Balaban J connectivity index is 1.79. The second kappa shape index (κ2) is 6.49. The maximum Gasteiger partial charge on any atom is 0.327 e. The number of amides is 3. The molecule has 1 aromatic rings. The summed E-state index contributed by atoms with van der Waals surface area (Å²) in [5, 5.41) is 0. The standard InChI is InChI=1S/C17H22FN3O3/c1-19-15(22)17(21(16(19)23)9-10-24-2)7-8-20(12-17)11-13-5-3-4-6-14(13)18/h3-6H,7-12H2,1-2H3. The zero-order valence-corrected chi connectivity index (χ0v) is 14.0. The summed E-state index contributed by atoms with van der Waals surface area (Å²) >= 11 is 0. The summed E-state index contributed by atoms with van der Waals surface area (Å²) in [6, 6.07) is 6.35. The fourth-order valence-corrected chi connectivity index (χ4v) is 3.64. The van der Waals surface area contributed by atoms with E-state index in [1.807, 2.05) is 4.90 Å². The SMILES string of the molecule is COCCN1C(=O)N(C)C(=O)C12CCN(Cc1ccccc1F)C2. The molecule has 1 atom stereocenters. The van der Waals surface area contributed by atoms with Gasteiger partial charge in [0.1, 0.15) is 11.4 Å². The molecule has 24 heavy (non-hydrogen) atoms. The predicted molar refractivity (Wildman–Crippen MR) is 85.8 cm³/mol. The topological polar surface area (TPSA) is 53.1 Å². The second-order valence-corrected chi connectivity index (χ2v) is 6.37. The third kappa shape index (κ3) is 2.67. The molecule has 2 saturated heterocycles. The van der Waals surface area contributed by atoms with Crippen LogP contribution in [0.5, 0.6) is 0 Å². The lowest BCUT2D eigenvalue weighted by molar-refractivity contribution is -0.132. The van der Waals surface area contributed by atoms with Gasteiger partial charge in [0.05, 0.1) is 6.61 Å². The van der Waals surface area contributed by atoms with Crippen molar-refractivity contribution in [3.05, 3.63) is 35.6 Å². The normalized spacial score (nSPS) is 24.6. The Labute approximate surface area is 140 Å². The fraction of sp³-hybridized carbons (Fsp3) is 0.529. The van der Waals surface area contributed by atoms with Crippen molar-refractivity contribution in [1.29, 1.82) is 0 Å². The zero-order chi connectivity index (χ0) is 17.3. The molecule has 0 N–H and O–H groups in total. The number of likely N-dealkylation sites (N-methyl/N-ethyl adjacent to an activating group) is 1. The van der Waals surface area contributed by atoms with E-state index < -0.39 is 5.54 Å². The van der Waals surface area contributed by atoms with Crippen LogP contribution in [0.3, 0.4) is 0 Å². The van der Waals surface area contributed by atoms with Crippen molar-refractivity contribution >= 4 is 11.9 Å². The molecule has 2 heterocycles. The Morgan fingerprint density at radius 2 is 2.04 bits per heavy atom. The number of urea groups is 1. The Kier molecular flexibility index (Phi) is 4.56. The third-order valence-electron chi connectivity index (χ3n) is 4.93. The van der Waals surface area contributed by atoms with Crippen LogP contribution in [-0.4, -0.2) is 72.6 Å². The van der Waals surface area contributed by atoms with Gasteiger partial charge in [-0.25, -0.2) is 9.18 Å². The van der Waals surface area contributed by atoms with E-state index >= 15 is 0 Å². The van der Waals surface area contributed by atoms with Crippen molar-refractivity contribution in [1.82, 2.24) is 14.7 Å². The van der Waals surface area contributed by atoms with E-state index in [1.54, 1.807) is 30.2 Å². The number of nitrogens with zero attached hydrogens (tertiary/aromatic N) is 3. The van der Waals surface area contributed by atoms with Crippen LogP contribution >= 0.6 is 0 Å². The quantitative estimate of drug-likeness (QED) is 0.762. The molecule has 2 fully saturated rings. The zero-order valence-electron chi connectivity index (χ0n) is 14.0. The number of likely N-dealkylation sites (tertiary alicyclic amines) is 1. The second-order valence-electron chi connectivity index (χ2n) is 6.37. The lowest BCUT2D eigenvalue weighted by atomic mass is 9.97. The van der Waals surface area contributed by atoms with E-state index in [4.69, 9.17) is 4.74 Å². The van der Waals surface area contributed by atoms with Gasteiger partial charge in [0.15, 0.2) is 0 Å². The number of hydrogen-bond donors (Lipinski definition) is 0. The highest BCUT2D eigenvalue weighted by atomic mass is 19.1. The minimum atomic E-state index is -0.852. The Hall–Kier alpha value is -1.99. The predicted octanol–water partition coefficient (Wildman–Crippen LogP) is 1.31. The van der Waals surface area contributed by atoms with Crippen molar-refractivity contribution in [2.45, 2.75) is 18.5 Å². The average molecular weight is 335 g/mol. The van der Waals surface area contributed by atoms with E-state index in [-0.39, 0.29) is 17.8 Å². The van der Waals surface area contributed by atoms with E-state index in [0.717, 1.165) is 0 Å². The summed E-state index contributed by atoms with van der Waals surface area (Å²) in [6.07, 6.45) is 0.556. The number of halogens is 1. The summed E-state index contributed by atoms with van der Waals surface area (Å²) in [7, 11) is 3.08. The first kappa shape index (κ1) is 16.9. The summed E-state index contributed by atoms with van der Waals surface area (Å²) in [5.41, 5.74) is -0.251. The molecule has 1 aromatic carbocycles. The highest BCUT2D eigenvalue weighted by Crippen LogP contribution is 2.36. The van der Waals surface area contributed by atoms with Crippen LogP contribution in [0.15, 0.2) is 24.3 Å². The summed E-state index contributed by atoms with van der Waals surface area (Å²) in [4.78, 5) is 29.9. The Morgan fingerprint density at radius 3 is 2.75 bits per heavy atom. The van der Waals surface area contributed by atoms with Crippen LogP contribution in [0.1, 0.15) is 12.0 Å². The molecule has 2 aliphatic heterocycles. The third-order valence-corrected chi connectivity index (χ3v) is 4.93. The molecular weight excluding hydrogens is 313 g/mol. The van der Waals surface area contributed by atoms with Crippen LogP contribution in [0.2, 0.25) is 0 Å². The van der Waals surface area contributed by atoms with Crippen molar-refractivity contribution in [3.8, 4) is 0 Å². The lowest BCUT2D eigenvalue weighted by Crippen LogP contribution is -2.52. The van der Waals surface area contributed by atoms with Gasteiger partial charge in [-0.15, -0.1) is 0 Å². The van der Waals surface area contributed by atoms with Gasteiger partial charge in [-0.2, -0.15) is 0 Å². The van der Waals surface area contributed by atoms with Crippen molar-refractivity contribution < 1.29 is 18.7 Å². The minimum absolute atomic E-state index is 0.181. The average Bonchev–Trinajstić information content (AvgIpc) is 3.06. The maximum atomic E-state index is 13.9. The van der Waals surface area contributed by atoms with Crippen molar-refractivity contribution in [2.24, 2.45) is 0 Å². The minimum Gasteiger partial charge on any atom is -0.383 e. The number of hydrogen-bond acceptors (Lipinski definition) is 4. The number of benzene rings is 1. The van der Waals surface area contributed by atoms with E-state index in [9.17, 15) is 14.0 Å². The molecular formula is C17H22FN3O3. The summed E-state index contributed by atoms with van der Waals surface area (Å²) in [6.45, 7) is 2.24. The first-order valence-electron chi connectivity index (χ1n) is 8.04. The molecule has 6 nitrogen and oxygen atoms in total. The van der Waals surface area contributed by atoms with Crippen molar-refractivity contribution in [3.63, 3.8) is 0 Å². The van der Waals surface area contributed by atoms with Gasteiger partial charge in [-0.05, 0) is 12.5 Å². The molecule has 0 saturated carbocycles. The van der Waals surface area contributed by atoms with Crippen LogP contribution in [0.25, 0.3) is 0 Å². The monoisotopic (exact) mass is 335 g/mol. The van der Waals surface area contributed by atoms with Gasteiger partial charge in [0.2, 0.25) is 0 Å². The van der Waals surface area contributed by atoms with Gasteiger partial charge < -0.3 is 9.64 Å². The molecule has 2 aliphatic rings. The van der Waals surface area contributed by atoms with E-state index in [0.29, 0.717) is 44.8 Å². The molecule has 0 bridgehead atoms. The number of ether oxygens (including phenoxy) is 1. The Morgan fingerprint density at radius 1 is 1.29 bits per heavy atom. The molecule has 1 spiro atoms. The highest BCUT2D eigenvalue weighted by molar-refractivity contribution is 6.07. The van der Waals surface area contributed by atoms with Gasteiger partial charge >= 0.3 is 6.03 Å². The smallest absolute Gasteiger partial charge is 0.327 e. The number of carbonyl (C=O) groups is 2. The van der Waals surface area contributed by atoms with E-state index in [2.05, 4.69) is 0 Å². The maximum absolute atomic E-state index is 13.9. The largest absolute Gasteiger partial charge is 0.383 e. The van der Waals surface area contributed by atoms with Crippen LogP contribution in [-0.2, 0) is 16.1 Å². The molecule has 3 amide bonds. The first-order chi connectivity index (χ1) is 11.5. The molecule has 0 radical (unpaired) electrons. The molecule has 1 unspecified atom stereocenters. The first-order valence-corrected chi connectivity index (χ1v) is 8.04. The van der Waals surface area contributed by atoms with Crippen LogP contribution in [0, 0.1) is 5.82 Å². The molecule has 130 valence electrons. The number of rotatable bonds is 5. The lowest BCUT2D eigenvalue weighted by Gasteiger charge is -2.31. The van der Waals surface area contributed by atoms with Gasteiger partial charge in [0, 0.05) is 45.9 Å². The number of carbonyl (C=O) groups excluding carboxylic acids is 2. The van der Waals surface area contributed by atoms with E-state index in [1.165, 1.54) is 18.0 Å². The van der Waals surface area contributed by atoms with Gasteiger partial charge in [-0.3, -0.25) is 14.6 Å². The summed E-state index contributed by atoms with van der Waals surface area (Å²) < 4.78 is 18.9. The molecule has 7 heteroatoms. The van der Waals surface area contributed by atoms with Crippen LogP contribution < -0.4 is 0 Å². The molecule has 0 aliphatic carbocycles. The molecule has 3 rings (SSSR count). The highest BCUT2D eigenvalue weighted by Gasteiger charge is 2.58. The van der Waals surface area contributed by atoms with Gasteiger partial charge in [0.25, 0.3) is 5.91 Å². The van der Waals surface area contributed by atoms with Gasteiger partial charge in [-0.1, -0.05) is 18.2 Å². The Bertz CT molecular complexity index is 654. The van der Waals surface area contributed by atoms with Crippen LogP contribution in [0.4, 0.5) is 9.18 Å². The molecule has 0 aromatic heterocycles.